The standard InChI is InChI=1S/C14H18F3N/c15-14(16,17)13(12-6-2-1-3-7-12)18-10-4-5-11-8-9-11/h1-3,6-7,11,13,18H,4-5,8-10H2. The van der Waals surface area contributed by atoms with E-state index >= 15 is 0 Å². The smallest absolute Gasteiger partial charge is 0.302 e. The maximum atomic E-state index is 12.9. The minimum atomic E-state index is -4.24. The molecule has 0 aliphatic heterocycles. The molecule has 0 heterocycles. The Morgan fingerprint density at radius 2 is 1.83 bits per heavy atom. The van der Waals surface area contributed by atoms with Crippen molar-refractivity contribution in [3.8, 4) is 0 Å². The van der Waals surface area contributed by atoms with Gasteiger partial charge in [-0.1, -0.05) is 43.2 Å². The fraction of sp³-hybridized carbons (Fsp3) is 0.571. The summed E-state index contributed by atoms with van der Waals surface area (Å²) < 4.78 is 38.8. The van der Waals surface area contributed by atoms with E-state index in [9.17, 15) is 13.2 Å². The van der Waals surface area contributed by atoms with Crippen LogP contribution in [0.3, 0.4) is 0 Å². The van der Waals surface area contributed by atoms with Crippen molar-refractivity contribution in [3.63, 3.8) is 0 Å². The van der Waals surface area contributed by atoms with Crippen LogP contribution in [-0.4, -0.2) is 12.7 Å². The van der Waals surface area contributed by atoms with Gasteiger partial charge in [0.15, 0.2) is 0 Å². The van der Waals surface area contributed by atoms with E-state index in [2.05, 4.69) is 5.32 Å². The van der Waals surface area contributed by atoms with E-state index in [4.69, 9.17) is 0 Å². The van der Waals surface area contributed by atoms with Crippen molar-refractivity contribution in [2.45, 2.75) is 37.9 Å². The Labute approximate surface area is 105 Å². The highest BCUT2D eigenvalue weighted by atomic mass is 19.4. The predicted molar refractivity (Wildman–Crippen MR) is 65.2 cm³/mol. The van der Waals surface area contributed by atoms with E-state index in [-0.39, 0.29) is 5.56 Å². The fourth-order valence-corrected chi connectivity index (χ4v) is 2.11. The first-order valence-corrected chi connectivity index (χ1v) is 6.42. The van der Waals surface area contributed by atoms with E-state index < -0.39 is 12.2 Å². The van der Waals surface area contributed by atoms with Gasteiger partial charge in [-0.2, -0.15) is 13.2 Å². The van der Waals surface area contributed by atoms with Gasteiger partial charge in [-0.3, -0.25) is 0 Å². The molecule has 1 nitrogen and oxygen atoms in total. The van der Waals surface area contributed by atoms with E-state index in [0.29, 0.717) is 6.54 Å². The number of halogens is 3. The van der Waals surface area contributed by atoms with Crippen molar-refractivity contribution in [1.29, 1.82) is 0 Å². The minimum Gasteiger partial charge on any atom is -0.302 e. The highest BCUT2D eigenvalue weighted by Gasteiger charge is 2.40. The van der Waals surface area contributed by atoms with E-state index in [1.807, 2.05) is 0 Å². The molecule has 0 bridgehead atoms. The first-order valence-electron chi connectivity index (χ1n) is 6.42. The summed E-state index contributed by atoms with van der Waals surface area (Å²) in [5, 5.41) is 2.63. The van der Waals surface area contributed by atoms with Crippen molar-refractivity contribution in [2.75, 3.05) is 6.54 Å². The predicted octanol–water partition coefficient (Wildman–Crippen LogP) is 4.07. The Morgan fingerprint density at radius 3 is 2.39 bits per heavy atom. The fourth-order valence-electron chi connectivity index (χ4n) is 2.11. The molecule has 1 aromatic rings. The molecule has 0 aromatic heterocycles. The molecule has 0 amide bonds. The van der Waals surface area contributed by atoms with Gasteiger partial charge in [-0.15, -0.1) is 0 Å². The number of hydrogen-bond donors (Lipinski definition) is 1. The van der Waals surface area contributed by atoms with Gasteiger partial charge in [-0.05, 0) is 30.9 Å². The van der Waals surface area contributed by atoms with Crippen LogP contribution in [0.25, 0.3) is 0 Å². The molecule has 1 fully saturated rings. The number of hydrogen-bond acceptors (Lipinski definition) is 1. The lowest BCUT2D eigenvalue weighted by Gasteiger charge is -2.22. The molecule has 18 heavy (non-hydrogen) atoms. The summed E-state index contributed by atoms with van der Waals surface area (Å²) in [5.41, 5.74) is 0.288. The molecule has 1 saturated carbocycles. The largest absolute Gasteiger partial charge is 0.407 e. The van der Waals surface area contributed by atoms with Gasteiger partial charge in [0.25, 0.3) is 0 Å². The molecule has 1 aliphatic rings. The molecule has 1 atom stereocenters. The van der Waals surface area contributed by atoms with Gasteiger partial charge in [0.1, 0.15) is 6.04 Å². The maximum Gasteiger partial charge on any atom is 0.407 e. The Bertz CT molecular complexity index is 357. The molecule has 0 spiro atoms. The van der Waals surface area contributed by atoms with Gasteiger partial charge < -0.3 is 5.32 Å². The average molecular weight is 257 g/mol. The van der Waals surface area contributed by atoms with Gasteiger partial charge >= 0.3 is 6.18 Å². The van der Waals surface area contributed by atoms with Gasteiger partial charge in [0.2, 0.25) is 0 Å². The van der Waals surface area contributed by atoms with Crippen LogP contribution >= 0.6 is 0 Å². The molecule has 1 aromatic carbocycles. The topological polar surface area (TPSA) is 12.0 Å². The minimum absolute atomic E-state index is 0.288. The van der Waals surface area contributed by atoms with E-state index in [1.54, 1.807) is 18.2 Å². The van der Waals surface area contributed by atoms with Crippen molar-refractivity contribution in [1.82, 2.24) is 5.32 Å². The molecular formula is C14H18F3N. The molecule has 1 N–H and O–H groups in total. The number of nitrogens with one attached hydrogen (secondary N) is 1. The zero-order chi connectivity index (χ0) is 13.0. The molecular weight excluding hydrogens is 239 g/mol. The Kier molecular flexibility index (Phi) is 4.27. The molecule has 4 heteroatoms. The summed E-state index contributed by atoms with van der Waals surface area (Å²) >= 11 is 0. The molecule has 1 aliphatic carbocycles. The van der Waals surface area contributed by atoms with Crippen molar-refractivity contribution < 1.29 is 13.2 Å². The molecule has 2 rings (SSSR count). The first-order chi connectivity index (χ1) is 8.57. The van der Waals surface area contributed by atoms with Crippen molar-refractivity contribution >= 4 is 0 Å². The normalized spacial score (nSPS) is 17.7. The van der Waals surface area contributed by atoms with Crippen LogP contribution in [-0.2, 0) is 0 Å². The SMILES string of the molecule is FC(F)(F)C(NCCCC1CC1)c1ccccc1. The zero-order valence-electron chi connectivity index (χ0n) is 10.2. The Hall–Kier alpha value is -1.03. The summed E-state index contributed by atoms with van der Waals surface area (Å²) in [4.78, 5) is 0. The molecule has 1 unspecified atom stereocenters. The molecule has 0 radical (unpaired) electrons. The van der Waals surface area contributed by atoms with Crippen LogP contribution < -0.4 is 5.32 Å². The monoisotopic (exact) mass is 257 g/mol. The second-order valence-electron chi connectivity index (χ2n) is 4.93. The third kappa shape index (κ3) is 4.02. The Morgan fingerprint density at radius 1 is 1.17 bits per heavy atom. The van der Waals surface area contributed by atoms with Gasteiger partial charge in [-0.25, -0.2) is 0 Å². The number of benzene rings is 1. The third-order valence-electron chi connectivity index (χ3n) is 3.29. The van der Waals surface area contributed by atoms with Gasteiger partial charge in [0.05, 0.1) is 0 Å². The summed E-state index contributed by atoms with van der Waals surface area (Å²) in [6, 6.07) is 6.50. The average Bonchev–Trinajstić information content (AvgIpc) is 3.12. The maximum absolute atomic E-state index is 12.9. The lowest BCUT2D eigenvalue weighted by molar-refractivity contribution is -0.157. The third-order valence-corrected chi connectivity index (χ3v) is 3.29. The lowest BCUT2D eigenvalue weighted by atomic mass is 10.1. The van der Waals surface area contributed by atoms with Crippen LogP contribution in [0.15, 0.2) is 30.3 Å². The lowest BCUT2D eigenvalue weighted by Crippen LogP contribution is -2.34. The molecule has 0 saturated heterocycles. The second-order valence-corrected chi connectivity index (χ2v) is 4.93. The summed E-state index contributed by atoms with van der Waals surface area (Å²) in [5.74, 6) is 0.771. The van der Waals surface area contributed by atoms with Crippen LogP contribution in [0.2, 0.25) is 0 Å². The zero-order valence-corrected chi connectivity index (χ0v) is 10.2. The summed E-state index contributed by atoms with van der Waals surface area (Å²) in [7, 11) is 0. The summed E-state index contributed by atoms with van der Waals surface area (Å²) in [6.45, 7) is 0.426. The van der Waals surface area contributed by atoms with E-state index in [0.717, 1.165) is 18.8 Å². The number of alkyl halides is 3. The highest BCUT2D eigenvalue weighted by Crippen LogP contribution is 2.34. The van der Waals surface area contributed by atoms with Gasteiger partial charge in [0, 0.05) is 0 Å². The Balaban J connectivity index is 1.88. The van der Waals surface area contributed by atoms with E-state index in [1.165, 1.54) is 25.0 Å². The second kappa shape index (κ2) is 5.74. The summed E-state index contributed by atoms with van der Waals surface area (Å²) in [6.07, 6.45) is 0.139. The molecule has 100 valence electrons. The van der Waals surface area contributed by atoms with Crippen LogP contribution in [0.4, 0.5) is 13.2 Å². The number of rotatable bonds is 6. The van der Waals surface area contributed by atoms with Crippen LogP contribution in [0.1, 0.15) is 37.3 Å². The van der Waals surface area contributed by atoms with Crippen LogP contribution in [0, 0.1) is 5.92 Å². The van der Waals surface area contributed by atoms with Crippen LogP contribution in [0.5, 0.6) is 0 Å². The highest BCUT2D eigenvalue weighted by molar-refractivity contribution is 5.20. The first kappa shape index (κ1) is 13.4. The van der Waals surface area contributed by atoms with Crippen molar-refractivity contribution in [3.05, 3.63) is 35.9 Å². The quantitative estimate of drug-likeness (QED) is 0.757. The van der Waals surface area contributed by atoms with Crippen molar-refractivity contribution in [2.24, 2.45) is 5.92 Å².